The number of oxime groups is 1. The third-order valence-electron chi connectivity index (χ3n) is 2.32. The first-order valence-electron chi connectivity index (χ1n) is 6.24. The molecule has 8 heteroatoms. The molecule has 2 aromatic rings. The highest BCUT2D eigenvalue weighted by atomic mass is 35.5. The molecule has 0 saturated heterocycles. The van der Waals surface area contributed by atoms with Crippen LogP contribution in [0.4, 0.5) is 10.2 Å². The van der Waals surface area contributed by atoms with Gasteiger partial charge in [-0.1, -0.05) is 28.9 Å². The molecule has 0 saturated carbocycles. The predicted octanol–water partition coefficient (Wildman–Crippen LogP) is 2.90. The third-order valence-corrected chi connectivity index (χ3v) is 2.57. The van der Waals surface area contributed by atoms with Gasteiger partial charge in [0.25, 0.3) is 0 Å². The van der Waals surface area contributed by atoms with Crippen LogP contribution in [0.1, 0.15) is 5.56 Å². The molecule has 1 heterocycles. The van der Waals surface area contributed by atoms with Crippen LogP contribution < -0.4 is 4.84 Å². The van der Waals surface area contributed by atoms with Gasteiger partial charge in [-0.3, -0.25) is 0 Å². The Labute approximate surface area is 131 Å². The molecule has 6 nitrogen and oxygen atoms in total. The maximum absolute atomic E-state index is 13.5. The first-order chi connectivity index (χ1) is 10.5. The predicted molar refractivity (Wildman–Crippen MR) is 83.5 cm³/mol. The van der Waals surface area contributed by atoms with E-state index in [1.807, 2.05) is 0 Å². The largest absolute Gasteiger partial charge is 0.369 e. The minimum atomic E-state index is -0.646. The highest BCUT2D eigenvalue weighted by Crippen LogP contribution is 2.16. The molecule has 0 fully saturated rings. The zero-order valence-electron chi connectivity index (χ0n) is 11.9. The Morgan fingerprint density at radius 1 is 1.27 bits per heavy atom. The molecule has 0 amide bonds. The normalized spacial score (nSPS) is 11.3. The SMILES string of the molecule is CN(C)/C=N/c1nc(O/N=C/c2ccc(Cl)cc2)ncc1F. The van der Waals surface area contributed by atoms with Crippen LogP contribution in [-0.2, 0) is 0 Å². The number of benzene rings is 1. The molecule has 0 aliphatic carbocycles. The lowest BCUT2D eigenvalue weighted by atomic mass is 10.2. The number of nitrogens with zero attached hydrogens (tertiary/aromatic N) is 5. The van der Waals surface area contributed by atoms with Crippen molar-refractivity contribution < 1.29 is 9.23 Å². The van der Waals surface area contributed by atoms with Crippen molar-refractivity contribution in [3.63, 3.8) is 0 Å². The lowest BCUT2D eigenvalue weighted by molar-refractivity contribution is 0.313. The molecular weight excluding hydrogens is 309 g/mol. The van der Waals surface area contributed by atoms with Crippen molar-refractivity contribution in [3.8, 4) is 6.01 Å². The van der Waals surface area contributed by atoms with E-state index in [1.165, 1.54) is 12.6 Å². The number of hydrogen-bond acceptors (Lipinski definition) is 5. The summed E-state index contributed by atoms with van der Waals surface area (Å²) >= 11 is 5.78. The molecule has 0 unspecified atom stereocenters. The van der Waals surface area contributed by atoms with Crippen LogP contribution in [0.25, 0.3) is 0 Å². The highest BCUT2D eigenvalue weighted by Gasteiger charge is 2.06. The van der Waals surface area contributed by atoms with Crippen LogP contribution in [0.2, 0.25) is 5.02 Å². The minimum Gasteiger partial charge on any atom is -0.369 e. The van der Waals surface area contributed by atoms with E-state index in [0.717, 1.165) is 11.8 Å². The topological polar surface area (TPSA) is 63.0 Å². The van der Waals surface area contributed by atoms with Gasteiger partial charge in [0.1, 0.15) is 0 Å². The molecule has 114 valence electrons. The van der Waals surface area contributed by atoms with Crippen LogP contribution in [0.3, 0.4) is 0 Å². The smallest absolute Gasteiger partial charge is 0.347 e. The molecule has 0 radical (unpaired) electrons. The quantitative estimate of drug-likeness (QED) is 0.482. The molecule has 2 rings (SSSR count). The summed E-state index contributed by atoms with van der Waals surface area (Å²) in [4.78, 5) is 18.0. The fourth-order valence-electron chi connectivity index (χ4n) is 1.33. The van der Waals surface area contributed by atoms with Crippen molar-refractivity contribution in [2.45, 2.75) is 0 Å². The van der Waals surface area contributed by atoms with E-state index >= 15 is 0 Å². The fourth-order valence-corrected chi connectivity index (χ4v) is 1.46. The van der Waals surface area contributed by atoms with Crippen LogP contribution in [0.5, 0.6) is 6.01 Å². The van der Waals surface area contributed by atoms with Gasteiger partial charge < -0.3 is 9.74 Å². The Bertz CT molecular complexity index is 688. The van der Waals surface area contributed by atoms with Gasteiger partial charge >= 0.3 is 6.01 Å². The second kappa shape index (κ2) is 7.46. The van der Waals surface area contributed by atoms with Crippen molar-refractivity contribution in [1.29, 1.82) is 0 Å². The standard InChI is InChI=1S/C14H13ClFN5O/c1-21(2)9-18-13-12(16)8-17-14(20-13)22-19-7-10-3-5-11(15)6-4-10/h3-9H,1-2H3/b18-9+,19-7+. The minimum absolute atomic E-state index is 0.0995. The monoisotopic (exact) mass is 321 g/mol. The van der Waals surface area contributed by atoms with E-state index < -0.39 is 5.82 Å². The first-order valence-corrected chi connectivity index (χ1v) is 6.61. The lowest BCUT2D eigenvalue weighted by Gasteiger charge is -2.03. The molecule has 1 aromatic carbocycles. The molecule has 22 heavy (non-hydrogen) atoms. The summed E-state index contributed by atoms with van der Waals surface area (Å²) in [5.74, 6) is -0.771. The van der Waals surface area contributed by atoms with Crippen LogP contribution in [-0.4, -0.2) is 41.5 Å². The average molecular weight is 322 g/mol. The summed E-state index contributed by atoms with van der Waals surface area (Å²) in [6.07, 6.45) is 3.86. The Kier molecular flexibility index (Phi) is 5.37. The Morgan fingerprint density at radius 2 is 2.00 bits per heavy atom. The second-order valence-electron chi connectivity index (χ2n) is 4.41. The van der Waals surface area contributed by atoms with Crippen molar-refractivity contribution in [2.75, 3.05) is 14.1 Å². The van der Waals surface area contributed by atoms with E-state index in [4.69, 9.17) is 16.4 Å². The van der Waals surface area contributed by atoms with E-state index in [9.17, 15) is 4.39 Å². The highest BCUT2D eigenvalue weighted by molar-refractivity contribution is 6.30. The Balaban J connectivity index is 2.06. The summed E-state index contributed by atoms with van der Waals surface area (Å²) in [5.41, 5.74) is 0.789. The molecule has 0 N–H and O–H groups in total. The van der Waals surface area contributed by atoms with E-state index in [-0.39, 0.29) is 11.8 Å². The van der Waals surface area contributed by atoms with Crippen LogP contribution in [0.15, 0.2) is 40.6 Å². The first kappa shape index (κ1) is 15.8. The zero-order valence-corrected chi connectivity index (χ0v) is 12.7. The number of aromatic nitrogens is 2. The lowest BCUT2D eigenvalue weighted by Crippen LogP contribution is -2.07. The van der Waals surface area contributed by atoms with Gasteiger partial charge in [0.2, 0.25) is 0 Å². The van der Waals surface area contributed by atoms with Crippen molar-refractivity contribution in [3.05, 3.63) is 46.9 Å². The maximum atomic E-state index is 13.5. The summed E-state index contributed by atoms with van der Waals surface area (Å²) in [7, 11) is 3.52. The van der Waals surface area contributed by atoms with Crippen molar-refractivity contribution in [2.24, 2.45) is 10.1 Å². The van der Waals surface area contributed by atoms with Crippen LogP contribution in [0, 0.1) is 5.82 Å². The van der Waals surface area contributed by atoms with Gasteiger partial charge in [-0.2, -0.15) is 9.97 Å². The maximum Gasteiger partial charge on any atom is 0.347 e. The molecule has 0 aliphatic heterocycles. The Morgan fingerprint density at radius 3 is 2.68 bits per heavy atom. The molecule has 1 aromatic heterocycles. The van der Waals surface area contributed by atoms with Gasteiger partial charge in [0.15, 0.2) is 11.6 Å². The second-order valence-corrected chi connectivity index (χ2v) is 4.85. The number of aliphatic imine (C=N–C) groups is 1. The fraction of sp³-hybridized carbons (Fsp3) is 0.143. The van der Waals surface area contributed by atoms with Crippen molar-refractivity contribution >= 4 is 30.0 Å². The van der Waals surface area contributed by atoms with Crippen LogP contribution >= 0.6 is 11.6 Å². The molecule has 0 atom stereocenters. The Hall–Kier alpha value is -2.54. The number of halogens is 2. The summed E-state index contributed by atoms with van der Waals surface area (Å²) < 4.78 is 13.5. The van der Waals surface area contributed by atoms with Crippen molar-refractivity contribution in [1.82, 2.24) is 14.9 Å². The summed E-state index contributed by atoms with van der Waals surface area (Å²) in [6.45, 7) is 0. The molecular formula is C14H13ClFN5O. The van der Waals surface area contributed by atoms with Gasteiger partial charge in [-0.05, 0) is 17.7 Å². The third kappa shape index (κ3) is 4.78. The molecule has 0 aliphatic rings. The van der Waals surface area contributed by atoms with Gasteiger partial charge in [0, 0.05) is 19.1 Å². The van der Waals surface area contributed by atoms with Gasteiger partial charge in [-0.25, -0.2) is 9.38 Å². The summed E-state index contributed by atoms with van der Waals surface area (Å²) in [5, 5.41) is 4.36. The number of hydrogen-bond donors (Lipinski definition) is 0. The average Bonchev–Trinajstić information content (AvgIpc) is 2.49. The van der Waals surface area contributed by atoms with Gasteiger partial charge in [-0.15, -0.1) is 0 Å². The van der Waals surface area contributed by atoms with E-state index in [1.54, 1.807) is 43.3 Å². The molecule has 0 spiro atoms. The summed E-state index contributed by atoms with van der Waals surface area (Å²) in [6, 6.07) is 6.90. The van der Waals surface area contributed by atoms with E-state index in [2.05, 4.69) is 20.1 Å². The zero-order chi connectivity index (χ0) is 15.9. The van der Waals surface area contributed by atoms with E-state index in [0.29, 0.717) is 5.02 Å². The van der Waals surface area contributed by atoms with Gasteiger partial charge in [0.05, 0.1) is 18.7 Å². The molecule has 0 bridgehead atoms. The number of rotatable bonds is 5.